The summed E-state index contributed by atoms with van der Waals surface area (Å²) in [5.74, 6) is -0.208. The molecule has 6 nitrogen and oxygen atoms in total. The second-order valence-corrected chi connectivity index (χ2v) is 10.1. The van der Waals surface area contributed by atoms with Crippen LogP contribution in [0.5, 0.6) is 5.75 Å². The molecule has 0 spiro atoms. The molecule has 2 aliphatic rings. The van der Waals surface area contributed by atoms with E-state index in [0.29, 0.717) is 19.4 Å². The van der Waals surface area contributed by atoms with E-state index in [1.54, 1.807) is 7.11 Å². The van der Waals surface area contributed by atoms with Gasteiger partial charge in [-0.2, -0.15) is 4.31 Å². The Balaban J connectivity index is 1.46. The highest BCUT2D eigenvalue weighted by Crippen LogP contribution is 2.33. The lowest BCUT2D eigenvalue weighted by molar-refractivity contribution is -0.127. The number of methoxy groups -OCH3 is 1. The van der Waals surface area contributed by atoms with E-state index in [9.17, 15) is 17.6 Å². The molecular formula is C23H27FN2O4S. The number of piperidine rings is 1. The number of carbonyl (C=O) groups excluding carboxylic acids is 1. The molecule has 1 heterocycles. The zero-order chi connectivity index (χ0) is 22.0. The molecular weight excluding hydrogens is 419 g/mol. The van der Waals surface area contributed by atoms with E-state index in [1.165, 1.54) is 22.0 Å². The van der Waals surface area contributed by atoms with Gasteiger partial charge in [-0.15, -0.1) is 0 Å². The standard InChI is InChI=1S/C23H27FN2O4S/c1-30-19-9-12-21-16(14-19)4-2-6-22(21)25-23(27)17-5-3-13-26(15-17)31(28,29)20-10-7-18(24)8-11-20/h7-12,14,17,22H,2-6,13,15H2,1H3,(H,25,27)/t17-,22+/m1/s1. The molecule has 0 bridgehead atoms. The maximum atomic E-state index is 13.2. The first-order chi connectivity index (χ1) is 14.9. The minimum absolute atomic E-state index is 0.0464. The van der Waals surface area contributed by atoms with Crippen LogP contribution < -0.4 is 10.1 Å². The smallest absolute Gasteiger partial charge is 0.243 e. The average molecular weight is 447 g/mol. The number of nitrogens with zero attached hydrogens (tertiary/aromatic N) is 1. The third-order valence-electron chi connectivity index (χ3n) is 6.19. The number of hydrogen-bond acceptors (Lipinski definition) is 4. The highest BCUT2D eigenvalue weighted by atomic mass is 32.2. The summed E-state index contributed by atoms with van der Waals surface area (Å²) in [5.41, 5.74) is 2.28. The van der Waals surface area contributed by atoms with Crippen molar-refractivity contribution >= 4 is 15.9 Å². The van der Waals surface area contributed by atoms with E-state index in [0.717, 1.165) is 42.7 Å². The summed E-state index contributed by atoms with van der Waals surface area (Å²) in [5, 5.41) is 3.15. The molecule has 8 heteroatoms. The molecule has 1 saturated heterocycles. The maximum absolute atomic E-state index is 13.2. The number of benzene rings is 2. The third kappa shape index (κ3) is 4.60. The van der Waals surface area contributed by atoms with Gasteiger partial charge < -0.3 is 10.1 Å². The van der Waals surface area contributed by atoms with Gasteiger partial charge in [-0.3, -0.25) is 4.79 Å². The Morgan fingerprint density at radius 2 is 1.90 bits per heavy atom. The summed E-state index contributed by atoms with van der Waals surface area (Å²) in [6.45, 7) is 0.489. The van der Waals surface area contributed by atoms with Crippen LogP contribution in [-0.2, 0) is 21.2 Å². The summed E-state index contributed by atoms with van der Waals surface area (Å²) >= 11 is 0. The largest absolute Gasteiger partial charge is 0.497 e. The molecule has 0 saturated carbocycles. The van der Waals surface area contributed by atoms with Crippen molar-refractivity contribution < 1.29 is 22.3 Å². The Bertz CT molecular complexity index is 1060. The number of hydrogen-bond donors (Lipinski definition) is 1. The van der Waals surface area contributed by atoms with E-state index in [1.807, 2.05) is 18.2 Å². The van der Waals surface area contributed by atoms with E-state index in [4.69, 9.17) is 4.74 Å². The Kier molecular flexibility index (Phi) is 6.29. The lowest BCUT2D eigenvalue weighted by Gasteiger charge is -2.33. The lowest BCUT2D eigenvalue weighted by Crippen LogP contribution is -2.46. The molecule has 1 amide bonds. The first kappa shape index (κ1) is 21.8. The molecule has 166 valence electrons. The van der Waals surface area contributed by atoms with E-state index in [-0.39, 0.29) is 23.4 Å². The number of carbonyl (C=O) groups is 1. The topological polar surface area (TPSA) is 75.7 Å². The van der Waals surface area contributed by atoms with Crippen LogP contribution in [0.25, 0.3) is 0 Å². The first-order valence-electron chi connectivity index (χ1n) is 10.6. The first-order valence-corrected chi connectivity index (χ1v) is 12.1. The van der Waals surface area contributed by atoms with Gasteiger partial charge in [0.2, 0.25) is 15.9 Å². The molecule has 0 aromatic heterocycles. The number of sulfonamides is 1. The second-order valence-electron chi connectivity index (χ2n) is 8.17. The number of aryl methyl sites for hydroxylation is 1. The maximum Gasteiger partial charge on any atom is 0.243 e. The molecule has 0 unspecified atom stereocenters. The zero-order valence-corrected chi connectivity index (χ0v) is 18.3. The van der Waals surface area contributed by atoms with Crippen molar-refractivity contribution in [3.8, 4) is 5.75 Å². The van der Waals surface area contributed by atoms with Gasteiger partial charge in [0, 0.05) is 13.1 Å². The fourth-order valence-corrected chi connectivity index (χ4v) is 6.01. The van der Waals surface area contributed by atoms with Crippen LogP contribution >= 0.6 is 0 Å². The molecule has 1 aliphatic carbocycles. The van der Waals surface area contributed by atoms with E-state index < -0.39 is 21.8 Å². The van der Waals surface area contributed by atoms with Crippen LogP contribution in [0.1, 0.15) is 42.9 Å². The SMILES string of the molecule is COc1ccc2c(c1)CCC[C@@H]2NC(=O)[C@@H]1CCCN(S(=O)(=O)c2ccc(F)cc2)C1. The van der Waals surface area contributed by atoms with Crippen LogP contribution in [-0.4, -0.2) is 38.8 Å². The number of amides is 1. The minimum Gasteiger partial charge on any atom is -0.497 e. The van der Waals surface area contributed by atoms with Crippen LogP contribution in [0.2, 0.25) is 0 Å². The predicted octanol–water partition coefficient (Wildman–Crippen LogP) is 3.43. The van der Waals surface area contributed by atoms with Crippen LogP contribution in [0.3, 0.4) is 0 Å². The number of halogens is 1. The second kappa shape index (κ2) is 8.96. The van der Waals surface area contributed by atoms with Crippen molar-refractivity contribution in [1.82, 2.24) is 9.62 Å². The Hall–Kier alpha value is -2.45. The summed E-state index contributed by atoms with van der Waals surface area (Å²) in [4.78, 5) is 13.1. The van der Waals surface area contributed by atoms with Gasteiger partial charge in [-0.05, 0) is 79.6 Å². The molecule has 2 aromatic carbocycles. The van der Waals surface area contributed by atoms with Crippen molar-refractivity contribution in [2.24, 2.45) is 5.92 Å². The van der Waals surface area contributed by atoms with Crippen molar-refractivity contribution in [2.75, 3.05) is 20.2 Å². The highest BCUT2D eigenvalue weighted by Gasteiger charge is 2.34. The fraction of sp³-hybridized carbons (Fsp3) is 0.435. The van der Waals surface area contributed by atoms with Crippen LogP contribution in [0.4, 0.5) is 4.39 Å². The van der Waals surface area contributed by atoms with Gasteiger partial charge in [-0.25, -0.2) is 12.8 Å². The molecule has 4 rings (SSSR count). The average Bonchev–Trinajstić information content (AvgIpc) is 2.79. The number of fused-ring (bicyclic) bond motifs is 1. The number of ether oxygens (including phenoxy) is 1. The van der Waals surface area contributed by atoms with Crippen molar-refractivity contribution in [2.45, 2.75) is 43.0 Å². The fourth-order valence-electron chi connectivity index (χ4n) is 4.49. The summed E-state index contributed by atoms with van der Waals surface area (Å²) < 4.78 is 45.7. The Morgan fingerprint density at radius 3 is 2.65 bits per heavy atom. The molecule has 2 atom stereocenters. The molecule has 1 aliphatic heterocycles. The van der Waals surface area contributed by atoms with Gasteiger partial charge in [0.15, 0.2) is 0 Å². The van der Waals surface area contributed by atoms with Gasteiger partial charge in [-0.1, -0.05) is 6.07 Å². The molecule has 0 radical (unpaired) electrons. The van der Waals surface area contributed by atoms with Crippen molar-refractivity contribution in [3.63, 3.8) is 0 Å². The Labute approximate surface area is 182 Å². The third-order valence-corrected chi connectivity index (χ3v) is 8.07. The van der Waals surface area contributed by atoms with E-state index in [2.05, 4.69) is 5.32 Å². The normalized spacial score (nSPS) is 21.9. The van der Waals surface area contributed by atoms with Gasteiger partial charge in [0.05, 0.1) is 24.0 Å². The number of nitrogens with one attached hydrogen (secondary N) is 1. The molecule has 1 N–H and O–H groups in total. The van der Waals surface area contributed by atoms with Crippen LogP contribution in [0, 0.1) is 11.7 Å². The zero-order valence-electron chi connectivity index (χ0n) is 17.5. The highest BCUT2D eigenvalue weighted by molar-refractivity contribution is 7.89. The molecule has 1 fully saturated rings. The number of rotatable bonds is 5. The lowest BCUT2D eigenvalue weighted by atomic mass is 9.87. The van der Waals surface area contributed by atoms with E-state index >= 15 is 0 Å². The van der Waals surface area contributed by atoms with Gasteiger partial charge in [0.1, 0.15) is 11.6 Å². The summed E-state index contributed by atoms with van der Waals surface area (Å²) in [6.07, 6.45) is 4.03. The summed E-state index contributed by atoms with van der Waals surface area (Å²) in [7, 11) is -2.12. The van der Waals surface area contributed by atoms with Crippen LogP contribution in [0.15, 0.2) is 47.4 Å². The summed E-state index contributed by atoms with van der Waals surface area (Å²) in [6, 6.07) is 10.7. The van der Waals surface area contributed by atoms with Crippen molar-refractivity contribution in [1.29, 1.82) is 0 Å². The molecule has 31 heavy (non-hydrogen) atoms. The Morgan fingerprint density at radius 1 is 1.13 bits per heavy atom. The predicted molar refractivity (Wildman–Crippen MR) is 115 cm³/mol. The van der Waals surface area contributed by atoms with Gasteiger partial charge >= 0.3 is 0 Å². The van der Waals surface area contributed by atoms with Crippen molar-refractivity contribution in [3.05, 3.63) is 59.4 Å². The monoisotopic (exact) mass is 446 g/mol. The minimum atomic E-state index is -3.76. The van der Waals surface area contributed by atoms with Gasteiger partial charge in [0.25, 0.3) is 0 Å². The molecule has 2 aromatic rings. The quantitative estimate of drug-likeness (QED) is 0.764.